The Morgan fingerprint density at radius 3 is 2.72 bits per heavy atom. The third-order valence-corrected chi connectivity index (χ3v) is 3.78. The lowest BCUT2D eigenvalue weighted by atomic mass is 10.2. The molecule has 0 saturated carbocycles. The average Bonchev–Trinajstić information content (AvgIpc) is 2.68. The van der Waals surface area contributed by atoms with Gasteiger partial charge in [-0.2, -0.15) is 0 Å². The molecule has 7 heteroatoms. The number of morpholine rings is 1. The molecule has 0 radical (unpaired) electrons. The maximum atomic E-state index is 12.1. The molecule has 1 aliphatic rings. The van der Waals surface area contributed by atoms with Crippen molar-refractivity contribution in [3.63, 3.8) is 0 Å². The molecule has 1 saturated heterocycles. The lowest BCUT2D eigenvalue weighted by Crippen LogP contribution is -2.36. The van der Waals surface area contributed by atoms with E-state index in [1.807, 2.05) is 24.3 Å². The first kappa shape index (κ1) is 16.9. The molecule has 1 aromatic carbocycles. The number of carbonyl (C=O) groups excluding carboxylic acids is 1. The van der Waals surface area contributed by atoms with Gasteiger partial charge in [-0.05, 0) is 23.8 Å². The van der Waals surface area contributed by atoms with E-state index in [2.05, 4.69) is 20.2 Å². The summed E-state index contributed by atoms with van der Waals surface area (Å²) in [6.07, 6.45) is 4.66. The third kappa shape index (κ3) is 4.77. The summed E-state index contributed by atoms with van der Waals surface area (Å²) in [4.78, 5) is 22.5. The van der Waals surface area contributed by atoms with Gasteiger partial charge in [0.2, 0.25) is 5.91 Å². The van der Waals surface area contributed by atoms with Crippen LogP contribution in [0.5, 0.6) is 5.75 Å². The Kier molecular flexibility index (Phi) is 5.58. The zero-order valence-corrected chi connectivity index (χ0v) is 14.0. The fraction of sp³-hybridized carbons (Fsp3) is 0.278. The lowest BCUT2D eigenvalue weighted by Gasteiger charge is -2.27. The van der Waals surface area contributed by atoms with Crippen LogP contribution < -0.4 is 15.0 Å². The summed E-state index contributed by atoms with van der Waals surface area (Å²) < 4.78 is 10.4. The first-order chi connectivity index (χ1) is 12.2. The van der Waals surface area contributed by atoms with E-state index in [1.54, 1.807) is 19.3 Å². The fourth-order valence-corrected chi connectivity index (χ4v) is 2.44. The van der Waals surface area contributed by atoms with Crippen LogP contribution in [0.15, 0.2) is 42.7 Å². The Morgan fingerprint density at radius 1 is 1.24 bits per heavy atom. The van der Waals surface area contributed by atoms with Crippen molar-refractivity contribution in [3.05, 3.63) is 48.3 Å². The average molecular weight is 340 g/mol. The largest absolute Gasteiger partial charge is 0.497 e. The van der Waals surface area contributed by atoms with Crippen molar-refractivity contribution in [2.24, 2.45) is 0 Å². The summed E-state index contributed by atoms with van der Waals surface area (Å²) in [7, 11) is 1.62. The highest BCUT2D eigenvalue weighted by atomic mass is 16.5. The highest BCUT2D eigenvalue weighted by molar-refractivity contribution is 6.01. The van der Waals surface area contributed by atoms with Crippen LogP contribution in [-0.4, -0.2) is 49.3 Å². The molecule has 1 amide bonds. The lowest BCUT2D eigenvalue weighted by molar-refractivity contribution is -0.111. The van der Waals surface area contributed by atoms with Crippen molar-refractivity contribution in [1.82, 2.24) is 9.97 Å². The van der Waals surface area contributed by atoms with Gasteiger partial charge < -0.3 is 19.7 Å². The number of hydrogen-bond donors (Lipinski definition) is 1. The van der Waals surface area contributed by atoms with Crippen LogP contribution >= 0.6 is 0 Å². The van der Waals surface area contributed by atoms with Gasteiger partial charge in [0.25, 0.3) is 0 Å². The van der Waals surface area contributed by atoms with Crippen LogP contribution in [0.3, 0.4) is 0 Å². The van der Waals surface area contributed by atoms with E-state index >= 15 is 0 Å². The number of nitrogens with zero attached hydrogens (tertiary/aromatic N) is 3. The molecule has 0 spiro atoms. The van der Waals surface area contributed by atoms with Crippen LogP contribution in [0.25, 0.3) is 6.08 Å². The number of carbonyl (C=O) groups is 1. The van der Waals surface area contributed by atoms with Crippen LogP contribution in [0.4, 0.5) is 11.6 Å². The van der Waals surface area contributed by atoms with Gasteiger partial charge in [0, 0.05) is 25.2 Å². The Hall–Kier alpha value is -2.93. The highest BCUT2D eigenvalue weighted by Gasteiger charge is 2.13. The SMILES string of the molecule is COc1ccc(/C=C/C(=O)Nc2cc(N3CCOCC3)ncn2)cc1. The number of hydrogen-bond acceptors (Lipinski definition) is 6. The quantitative estimate of drug-likeness (QED) is 0.839. The summed E-state index contributed by atoms with van der Waals surface area (Å²) in [6.45, 7) is 2.91. The van der Waals surface area contributed by atoms with Crippen LogP contribution in [0.1, 0.15) is 5.56 Å². The molecule has 7 nitrogen and oxygen atoms in total. The van der Waals surface area contributed by atoms with E-state index in [0.717, 1.165) is 30.2 Å². The number of methoxy groups -OCH3 is 1. The van der Waals surface area contributed by atoms with Gasteiger partial charge in [-0.25, -0.2) is 9.97 Å². The van der Waals surface area contributed by atoms with Crippen molar-refractivity contribution >= 4 is 23.6 Å². The molecular weight excluding hydrogens is 320 g/mol. The number of amides is 1. The highest BCUT2D eigenvalue weighted by Crippen LogP contribution is 2.16. The predicted molar refractivity (Wildman–Crippen MR) is 95.7 cm³/mol. The van der Waals surface area contributed by atoms with Crippen LogP contribution in [0.2, 0.25) is 0 Å². The number of aromatic nitrogens is 2. The zero-order chi connectivity index (χ0) is 17.5. The number of nitrogens with one attached hydrogen (secondary N) is 1. The maximum absolute atomic E-state index is 12.1. The van der Waals surface area contributed by atoms with Crippen molar-refractivity contribution in [3.8, 4) is 5.75 Å². The summed E-state index contributed by atoms with van der Waals surface area (Å²) >= 11 is 0. The van der Waals surface area contributed by atoms with Gasteiger partial charge in [0.15, 0.2) is 0 Å². The molecule has 0 aliphatic carbocycles. The van der Waals surface area contributed by atoms with E-state index in [1.165, 1.54) is 12.4 Å². The van der Waals surface area contributed by atoms with Gasteiger partial charge in [-0.3, -0.25) is 4.79 Å². The maximum Gasteiger partial charge on any atom is 0.249 e. The standard InChI is InChI=1S/C18H20N4O3/c1-24-15-5-2-14(3-6-15)4-7-18(23)21-16-12-17(20-13-19-16)22-8-10-25-11-9-22/h2-7,12-13H,8-11H2,1H3,(H,19,20,21,23)/b7-4+. The molecule has 2 heterocycles. The minimum atomic E-state index is -0.248. The Bertz CT molecular complexity index is 740. The molecule has 0 unspecified atom stereocenters. The predicted octanol–water partition coefficient (Wildman–Crippen LogP) is 1.97. The molecule has 130 valence electrons. The molecular formula is C18H20N4O3. The minimum absolute atomic E-state index is 0.248. The van der Waals surface area contributed by atoms with E-state index < -0.39 is 0 Å². The molecule has 3 rings (SSSR count). The zero-order valence-electron chi connectivity index (χ0n) is 14.0. The molecule has 2 aromatic rings. The molecule has 1 aliphatic heterocycles. The first-order valence-corrected chi connectivity index (χ1v) is 8.02. The number of anilines is 2. The van der Waals surface area contributed by atoms with Gasteiger partial charge in [-0.1, -0.05) is 12.1 Å². The van der Waals surface area contributed by atoms with Crippen LogP contribution in [-0.2, 0) is 9.53 Å². The smallest absolute Gasteiger partial charge is 0.249 e. The number of benzene rings is 1. The number of ether oxygens (including phenoxy) is 2. The molecule has 25 heavy (non-hydrogen) atoms. The van der Waals surface area contributed by atoms with Gasteiger partial charge in [-0.15, -0.1) is 0 Å². The minimum Gasteiger partial charge on any atom is -0.497 e. The van der Waals surface area contributed by atoms with Gasteiger partial charge in [0.05, 0.1) is 20.3 Å². The number of rotatable bonds is 5. The molecule has 0 bridgehead atoms. The van der Waals surface area contributed by atoms with E-state index in [4.69, 9.17) is 9.47 Å². The van der Waals surface area contributed by atoms with E-state index in [0.29, 0.717) is 19.0 Å². The second kappa shape index (κ2) is 8.25. The van der Waals surface area contributed by atoms with Crippen molar-refractivity contribution < 1.29 is 14.3 Å². The summed E-state index contributed by atoms with van der Waals surface area (Å²) in [6, 6.07) is 9.21. The molecule has 1 N–H and O–H groups in total. The Balaban J connectivity index is 1.61. The third-order valence-electron chi connectivity index (χ3n) is 3.78. The van der Waals surface area contributed by atoms with Gasteiger partial charge in [0.1, 0.15) is 23.7 Å². The van der Waals surface area contributed by atoms with E-state index in [-0.39, 0.29) is 5.91 Å². The topological polar surface area (TPSA) is 76.6 Å². The Morgan fingerprint density at radius 2 is 2.00 bits per heavy atom. The summed E-state index contributed by atoms with van der Waals surface area (Å²) in [5, 5.41) is 2.75. The van der Waals surface area contributed by atoms with Crippen molar-refractivity contribution in [2.45, 2.75) is 0 Å². The second-order valence-electron chi connectivity index (χ2n) is 5.46. The summed E-state index contributed by atoms with van der Waals surface area (Å²) in [5.74, 6) is 1.79. The first-order valence-electron chi connectivity index (χ1n) is 8.02. The molecule has 1 aromatic heterocycles. The van der Waals surface area contributed by atoms with E-state index in [9.17, 15) is 4.79 Å². The summed E-state index contributed by atoms with van der Waals surface area (Å²) in [5.41, 5.74) is 0.910. The second-order valence-corrected chi connectivity index (χ2v) is 5.46. The van der Waals surface area contributed by atoms with Crippen molar-refractivity contribution in [1.29, 1.82) is 0 Å². The monoisotopic (exact) mass is 340 g/mol. The van der Waals surface area contributed by atoms with Crippen molar-refractivity contribution in [2.75, 3.05) is 43.6 Å². The molecule has 0 atom stereocenters. The normalized spacial score (nSPS) is 14.5. The Labute approximate surface area is 146 Å². The van der Waals surface area contributed by atoms with Gasteiger partial charge >= 0.3 is 0 Å². The van der Waals surface area contributed by atoms with Crippen LogP contribution in [0, 0.1) is 0 Å². The fourth-order valence-electron chi connectivity index (χ4n) is 2.44. The molecule has 1 fully saturated rings.